The summed E-state index contributed by atoms with van der Waals surface area (Å²) in [5.41, 5.74) is 0.347. The fourth-order valence-electron chi connectivity index (χ4n) is 2.72. The Balaban J connectivity index is 2.47. The van der Waals surface area contributed by atoms with Crippen LogP contribution in [-0.2, 0) is 0 Å². The van der Waals surface area contributed by atoms with Crippen molar-refractivity contribution in [1.29, 1.82) is 0 Å². The lowest BCUT2D eigenvalue weighted by molar-refractivity contribution is 0.0165. The van der Waals surface area contributed by atoms with Crippen LogP contribution in [0.4, 0.5) is 0 Å². The molecule has 0 saturated heterocycles. The smallest absolute Gasteiger partial charge is 0.193 e. The first kappa shape index (κ1) is 14.6. The van der Waals surface area contributed by atoms with Crippen LogP contribution < -0.4 is 10.6 Å². The van der Waals surface area contributed by atoms with Gasteiger partial charge in [0.1, 0.15) is 23.4 Å². The third-order valence-electron chi connectivity index (χ3n) is 3.76. The van der Waals surface area contributed by atoms with E-state index in [1.807, 2.05) is 6.07 Å². The molecule has 22 heavy (non-hydrogen) atoms. The highest BCUT2D eigenvalue weighted by molar-refractivity contribution is 5.96. The van der Waals surface area contributed by atoms with Crippen molar-refractivity contribution < 1.29 is 19.7 Å². The zero-order valence-corrected chi connectivity index (χ0v) is 12.2. The van der Waals surface area contributed by atoms with Crippen molar-refractivity contribution in [3.63, 3.8) is 0 Å². The summed E-state index contributed by atoms with van der Waals surface area (Å²) >= 11 is 0. The van der Waals surface area contributed by atoms with Gasteiger partial charge in [-0.2, -0.15) is 0 Å². The number of hydrogen-bond acceptors (Lipinski definition) is 5. The van der Waals surface area contributed by atoms with Gasteiger partial charge in [-0.15, -0.1) is 0 Å². The highest BCUT2D eigenvalue weighted by atomic mass is 16.4. The molecule has 1 heterocycles. The van der Waals surface area contributed by atoms with Crippen molar-refractivity contribution in [3.05, 3.63) is 51.5 Å². The third kappa shape index (κ3) is 2.15. The normalized spacial score (nSPS) is 16.0. The minimum atomic E-state index is -1.18. The van der Waals surface area contributed by atoms with Gasteiger partial charge in [0.2, 0.25) is 0 Å². The molecule has 0 spiro atoms. The summed E-state index contributed by atoms with van der Waals surface area (Å²) in [6, 6.07) is 8.26. The van der Waals surface area contributed by atoms with Gasteiger partial charge in [0.25, 0.3) is 0 Å². The van der Waals surface area contributed by atoms with Gasteiger partial charge in [-0.25, -0.2) is 0 Å². The Hall–Kier alpha value is -2.37. The first-order valence-corrected chi connectivity index (χ1v) is 6.95. The zero-order chi connectivity index (χ0) is 16.0. The molecule has 0 aromatic heterocycles. The van der Waals surface area contributed by atoms with E-state index < -0.39 is 12.2 Å². The van der Waals surface area contributed by atoms with E-state index in [9.17, 15) is 20.1 Å². The van der Waals surface area contributed by atoms with Crippen LogP contribution in [0.1, 0.15) is 25.7 Å². The molecule has 114 valence electrons. The summed E-state index contributed by atoms with van der Waals surface area (Å²) in [6.45, 7) is 2.92. The molecule has 0 saturated carbocycles. The Morgan fingerprint density at radius 1 is 1.23 bits per heavy atom. The summed E-state index contributed by atoms with van der Waals surface area (Å²) in [5, 5.41) is 30.9. The Kier molecular flexibility index (Phi) is 3.39. The molecule has 1 aromatic rings. The van der Waals surface area contributed by atoms with Crippen LogP contribution >= 0.6 is 0 Å². The average molecular weight is 300 g/mol. The van der Waals surface area contributed by atoms with Crippen LogP contribution in [0.5, 0.6) is 0 Å². The summed E-state index contributed by atoms with van der Waals surface area (Å²) in [5.74, 6) is 0.456. The predicted octanol–water partition coefficient (Wildman–Crippen LogP) is 1.72. The van der Waals surface area contributed by atoms with Gasteiger partial charge in [-0.3, -0.25) is 4.79 Å². The average Bonchev–Trinajstić information content (AvgIpc) is 2.45. The van der Waals surface area contributed by atoms with Crippen molar-refractivity contribution >= 4 is 16.5 Å². The first-order valence-electron chi connectivity index (χ1n) is 6.95. The SMILES string of the molecule is CC(O)=c1c(=O)cc2oc([C@@H](O)[C@@H](C)O)cc3cccc1c3-2. The van der Waals surface area contributed by atoms with Crippen molar-refractivity contribution in [2.75, 3.05) is 0 Å². The van der Waals surface area contributed by atoms with Crippen LogP contribution in [0.15, 0.2) is 39.5 Å². The van der Waals surface area contributed by atoms with Gasteiger partial charge < -0.3 is 19.7 Å². The highest BCUT2D eigenvalue weighted by Gasteiger charge is 2.22. The van der Waals surface area contributed by atoms with Crippen LogP contribution in [0.3, 0.4) is 0 Å². The van der Waals surface area contributed by atoms with Gasteiger partial charge in [0.15, 0.2) is 5.43 Å². The van der Waals surface area contributed by atoms with E-state index in [4.69, 9.17) is 4.42 Å². The minimum Gasteiger partial charge on any atom is -0.512 e. The number of hydrogen-bond donors (Lipinski definition) is 3. The predicted molar refractivity (Wildman–Crippen MR) is 82.7 cm³/mol. The number of aliphatic hydroxyl groups excluding tert-OH is 3. The largest absolute Gasteiger partial charge is 0.512 e. The molecular formula is C17H16O5. The number of rotatable bonds is 2. The molecule has 3 rings (SSSR count). The van der Waals surface area contributed by atoms with Crippen LogP contribution in [0, 0.1) is 0 Å². The Labute approximate surface area is 126 Å². The Bertz CT molecular complexity index is 918. The molecule has 3 N–H and O–H groups in total. The van der Waals surface area contributed by atoms with E-state index in [2.05, 4.69) is 0 Å². The molecular weight excluding hydrogens is 284 g/mol. The number of benzene rings is 2. The second-order valence-electron chi connectivity index (χ2n) is 5.44. The summed E-state index contributed by atoms with van der Waals surface area (Å²) in [7, 11) is 0. The topological polar surface area (TPSA) is 90.9 Å². The minimum absolute atomic E-state index is 0.0486. The van der Waals surface area contributed by atoms with Crippen LogP contribution in [-0.4, -0.2) is 21.4 Å². The van der Waals surface area contributed by atoms with Crippen molar-refractivity contribution in [1.82, 2.24) is 0 Å². The Morgan fingerprint density at radius 3 is 2.59 bits per heavy atom. The Morgan fingerprint density at radius 2 is 1.95 bits per heavy atom. The lowest BCUT2D eigenvalue weighted by Gasteiger charge is -2.17. The van der Waals surface area contributed by atoms with Gasteiger partial charge in [-0.05, 0) is 25.3 Å². The van der Waals surface area contributed by atoms with E-state index in [-0.39, 0.29) is 22.2 Å². The van der Waals surface area contributed by atoms with Crippen molar-refractivity contribution in [2.45, 2.75) is 26.1 Å². The molecule has 1 aliphatic heterocycles. The van der Waals surface area contributed by atoms with Crippen LogP contribution in [0.2, 0.25) is 0 Å². The van der Waals surface area contributed by atoms with Gasteiger partial charge in [0, 0.05) is 17.0 Å². The summed E-state index contributed by atoms with van der Waals surface area (Å²) < 4.78 is 5.60. The lowest BCUT2D eigenvalue weighted by Crippen LogP contribution is -2.27. The summed E-state index contributed by atoms with van der Waals surface area (Å²) in [6.07, 6.45) is -2.17. The molecule has 5 nitrogen and oxygen atoms in total. The molecule has 0 unspecified atom stereocenters. The molecule has 2 aliphatic rings. The lowest BCUT2D eigenvalue weighted by atomic mass is 9.96. The maximum Gasteiger partial charge on any atom is 0.193 e. The van der Waals surface area contributed by atoms with E-state index in [1.165, 1.54) is 19.9 Å². The fourth-order valence-corrected chi connectivity index (χ4v) is 2.72. The molecule has 0 radical (unpaired) electrons. The van der Waals surface area contributed by atoms with E-state index >= 15 is 0 Å². The molecule has 2 atom stereocenters. The van der Waals surface area contributed by atoms with E-state index in [0.29, 0.717) is 16.7 Å². The zero-order valence-electron chi connectivity index (χ0n) is 12.2. The van der Waals surface area contributed by atoms with Gasteiger partial charge in [0.05, 0.1) is 11.3 Å². The van der Waals surface area contributed by atoms with E-state index in [0.717, 1.165) is 5.39 Å². The second kappa shape index (κ2) is 5.12. The fraction of sp³-hybridized carbons (Fsp3) is 0.235. The maximum absolute atomic E-state index is 12.2. The first-order chi connectivity index (χ1) is 10.4. The molecule has 1 aromatic carbocycles. The highest BCUT2D eigenvalue weighted by Crippen LogP contribution is 2.33. The molecule has 0 bridgehead atoms. The monoisotopic (exact) mass is 300 g/mol. The second-order valence-corrected chi connectivity index (χ2v) is 5.44. The number of aliphatic hydroxyl groups is 3. The molecule has 0 amide bonds. The van der Waals surface area contributed by atoms with Crippen molar-refractivity contribution in [2.24, 2.45) is 0 Å². The van der Waals surface area contributed by atoms with Crippen molar-refractivity contribution in [3.8, 4) is 11.3 Å². The summed E-state index contributed by atoms with van der Waals surface area (Å²) in [4.78, 5) is 12.2. The van der Waals surface area contributed by atoms with Crippen LogP contribution in [0.25, 0.3) is 27.9 Å². The quantitative estimate of drug-likeness (QED) is 0.670. The molecule has 0 fully saturated rings. The van der Waals surface area contributed by atoms with E-state index in [1.54, 1.807) is 18.2 Å². The van der Waals surface area contributed by atoms with Gasteiger partial charge >= 0.3 is 0 Å². The maximum atomic E-state index is 12.2. The van der Waals surface area contributed by atoms with Gasteiger partial charge in [-0.1, -0.05) is 18.2 Å². The third-order valence-corrected chi connectivity index (χ3v) is 3.76. The molecule has 1 aliphatic carbocycles. The molecule has 5 heteroatoms. The standard InChI is InChI=1S/C17H16O5/c1-8(18)15-11-5-3-4-10-6-14(17(21)9(2)19)22-13(16(10)11)7-12(15)20/h3-7,9,17-19,21H,1-2H3/t9-,17+/m1/s1.